The lowest BCUT2D eigenvalue weighted by Crippen LogP contribution is -1.98. The molecule has 0 saturated heterocycles. The van der Waals surface area contributed by atoms with Crippen LogP contribution in [0, 0.1) is 0 Å². The number of furan rings is 1. The monoisotopic (exact) mass is 236 g/mol. The molecule has 0 aliphatic carbocycles. The summed E-state index contributed by atoms with van der Waals surface area (Å²) in [7, 11) is 0. The van der Waals surface area contributed by atoms with E-state index in [1.54, 1.807) is 6.07 Å². The van der Waals surface area contributed by atoms with Gasteiger partial charge in [0.25, 0.3) is 0 Å². The highest BCUT2D eigenvalue weighted by Gasteiger charge is 2.15. The topological polar surface area (TPSA) is 33.4 Å². The van der Waals surface area contributed by atoms with E-state index in [1.807, 2.05) is 24.3 Å². The Hall–Kier alpha value is -1.25. The standard InChI is InChI=1S/C13H13ClO2/c1-2-9-3-5-10(6-4-9)12(15)11-7-8-16-13(11)14/h3-8,12,15H,2H2,1H3. The van der Waals surface area contributed by atoms with Crippen molar-refractivity contribution in [1.82, 2.24) is 0 Å². The van der Waals surface area contributed by atoms with Crippen LogP contribution in [0.3, 0.4) is 0 Å². The second-order valence-electron chi connectivity index (χ2n) is 3.65. The highest BCUT2D eigenvalue weighted by atomic mass is 35.5. The molecule has 0 radical (unpaired) electrons. The number of rotatable bonds is 3. The highest BCUT2D eigenvalue weighted by molar-refractivity contribution is 6.29. The van der Waals surface area contributed by atoms with Gasteiger partial charge in [-0.25, -0.2) is 0 Å². The van der Waals surface area contributed by atoms with Gasteiger partial charge in [0.15, 0.2) is 5.22 Å². The summed E-state index contributed by atoms with van der Waals surface area (Å²) < 4.78 is 4.96. The van der Waals surface area contributed by atoms with Gasteiger partial charge in [0, 0.05) is 5.56 Å². The van der Waals surface area contributed by atoms with Gasteiger partial charge in [0.1, 0.15) is 6.10 Å². The molecule has 1 N–H and O–H groups in total. The molecule has 0 saturated carbocycles. The molecule has 0 bridgehead atoms. The molecule has 1 aromatic carbocycles. The van der Waals surface area contributed by atoms with Gasteiger partial charge in [-0.3, -0.25) is 0 Å². The Balaban J connectivity index is 2.27. The first-order valence-electron chi connectivity index (χ1n) is 5.22. The Morgan fingerprint density at radius 2 is 1.94 bits per heavy atom. The van der Waals surface area contributed by atoms with Gasteiger partial charge < -0.3 is 9.52 Å². The molecule has 0 spiro atoms. The normalized spacial score (nSPS) is 12.7. The molecular weight excluding hydrogens is 224 g/mol. The molecule has 1 heterocycles. The van der Waals surface area contributed by atoms with Gasteiger partial charge in [0.05, 0.1) is 6.26 Å². The van der Waals surface area contributed by atoms with E-state index in [9.17, 15) is 5.11 Å². The van der Waals surface area contributed by atoms with Crippen LogP contribution in [0.15, 0.2) is 41.0 Å². The zero-order valence-corrected chi connectivity index (χ0v) is 9.74. The van der Waals surface area contributed by atoms with Crippen LogP contribution in [-0.4, -0.2) is 5.11 Å². The fraction of sp³-hybridized carbons (Fsp3) is 0.231. The van der Waals surface area contributed by atoms with E-state index < -0.39 is 6.10 Å². The smallest absolute Gasteiger partial charge is 0.199 e. The van der Waals surface area contributed by atoms with Crippen LogP contribution in [0.1, 0.15) is 29.7 Å². The summed E-state index contributed by atoms with van der Waals surface area (Å²) in [5.74, 6) is 0. The minimum absolute atomic E-state index is 0.243. The van der Waals surface area contributed by atoms with Crippen LogP contribution in [0.2, 0.25) is 5.22 Å². The molecule has 2 aromatic rings. The highest BCUT2D eigenvalue weighted by Crippen LogP contribution is 2.29. The predicted molar refractivity (Wildman–Crippen MR) is 63.6 cm³/mol. The maximum absolute atomic E-state index is 10.1. The Kier molecular flexibility index (Phi) is 3.32. The van der Waals surface area contributed by atoms with Crippen molar-refractivity contribution in [3.05, 3.63) is 58.5 Å². The number of aliphatic hydroxyl groups is 1. The number of aryl methyl sites for hydroxylation is 1. The van der Waals surface area contributed by atoms with Crippen molar-refractivity contribution < 1.29 is 9.52 Å². The molecule has 1 aromatic heterocycles. The fourth-order valence-electron chi connectivity index (χ4n) is 1.61. The van der Waals surface area contributed by atoms with Crippen LogP contribution >= 0.6 is 11.6 Å². The third-order valence-corrected chi connectivity index (χ3v) is 2.95. The van der Waals surface area contributed by atoms with Gasteiger partial charge in [-0.15, -0.1) is 0 Å². The van der Waals surface area contributed by atoms with Crippen molar-refractivity contribution in [2.75, 3.05) is 0 Å². The van der Waals surface area contributed by atoms with E-state index in [2.05, 4.69) is 6.92 Å². The number of halogens is 1. The third-order valence-electron chi connectivity index (χ3n) is 2.64. The molecule has 16 heavy (non-hydrogen) atoms. The van der Waals surface area contributed by atoms with Gasteiger partial charge in [0.2, 0.25) is 0 Å². The molecule has 84 valence electrons. The van der Waals surface area contributed by atoms with E-state index in [1.165, 1.54) is 11.8 Å². The molecule has 1 atom stereocenters. The van der Waals surface area contributed by atoms with Crippen molar-refractivity contribution in [3.8, 4) is 0 Å². The molecule has 0 fully saturated rings. The molecule has 3 heteroatoms. The molecule has 0 aliphatic rings. The van der Waals surface area contributed by atoms with Crippen LogP contribution in [-0.2, 0) is 6.42 Å². The summed E-state index contributed by atoms with van der Waals surface area (Å²) in [5, 5.41) is 10.3. The van der Waals surface area contributed by atoms with E-state index in [0.717, 1.165) is 12.0 Å². The van der Waals surface area contributed by atoms with Crippen LogP contribution < -0.4 is 0 Å². The lowest BCUT2D eigenvalue weighted by molar-refractivity contribution is 0.219. The number of benzene rings is 1. The third kappa shape index (κ3) is 2.13. The Bertz CT molecular complexity index is 459. The zero-order valence-electron chi connectivity index (χ0n) is 8.98. The SMILES string of the molecule is CCc1ccc(C(O)c2ccoc2Cl)cc1. The van der Waals surface area contributed by atoms with Gasteiger partial charge in [-0.1, -0.05) is 31.2 Å². The average molecular weight is 237 g/mol. The van der Waals surface area contributed by atoms with Gasteiger partial charge in [-0.05, 0) is 35.2 Å². The zero-order chi connectivity index (χ0) is 11.5. The molecule has 0 amide bonds. The molecule has 0 aliphatic heterocycles. The van der Waals surface area contributed by atoms with E-state index in [-0.39, 0.29) is 5.22 Å². The predicted octanol–water partition coefficient (Wildman–Crippen LogP) is 3.58. The Labute approximate surface area is 99.5 Å². The summed E-state index contributed by atoms with van der Waals surface area (Å²) in [4.78, 5) is 0. The van der Waals surface area contributed by atoms with E-state index >= 15 is 0 Å². The lowest BCUT2D eigenvalue weighted by Gasteiger charge is -2.09. The number of hydrogen-bond acceptors (Lipinski definition) is 2. The molecule has 1 unspecified atom stereocenters. The van der Waals surface area contributed by atoms with Crippen LogP contribution in [0.5, 0.6) is 0 Å². The van der Waals surface area contributed by atoms with E-state index in [4.69, 9.17) is 16.0 Å². The van der Waals surface area contributed by atoms with Crippen molar-refractivity contribution in [3.63, 3.8) is 0 Å². The molecular formula is C13H13ClO2. The van der Waals surface area contributed by atoms with Gasteiger partial charge in [-0.2, -0.15) is 0 Å². The van der Waals surface area contributed by atoms with Crippen molar-refractivity contribution >= 4 is 11.6 Å². The summed E-state index contributed by atoms with van der Waals surface area (Å²) in [5.41, 5.74) is 2.67. The van der Waals surface area contributed by atoms with E-state index in [0.29, 0.717) is 5.56 Å². The maximum Gasteiger partial charge on any atom is 0.199 e. The number of aliphatic hydroxyl groups excluding tert-OH is 1. The first-order chi connectivity index (χ1) is 7.72. The van der Waals surface area contributed by atoms with Crippen molar-refractivity contribution in [1.29, 1.82) is 0 Å². The summed E-state index contributed by atoms with van der Waals surface area (Å²) in [6.45, 7) is 2.10. The molecule has 2 nitrogen and oxygen atoms in total. The maximum atomic E-state index is 10.1. The second-order valence-corrected chi connectivity index (χ2v) is 3.99. The Morgan fingerprint density at radius 1 is 1.25 bits per heavy atom. The minimum atomic E-state index is -0.725. The van der Waals surface area contributed by atoms with Crippen molar-refractivity contribution in [2.24, 2.45) is 0 Å². The fourth-order valence-corrected chi connectivity index (χ4v) is 1.83. The number of hydrogen-bond donors (Lipinski definition) is 1. The first-order valence-corrected chi connectivity index (χ1v) is 5.60. The average Bonchev–Trinajstić information content (AvgIpc) is 2.75. The van der Waals surface area contributed by atoms with Crippen LogP contribution in [0.4, 0.5) is 0 Å². The summed E-state index contributed by atoms with van der Waals surface area (Å²) >= 11 is 5.82. The quantitative estimate of drug-likeness (QED) is 0.884. The largest absolute Gasteiger partial charge is 0.453 e. The first kappa shape index (κ1) is 11.2. The summed E-state index contributed by atoms with van der Waals surface area (Å²) in [6.07, 6.45) is 1.74. The van der Waals surface area contributed by atoms with Gasteiger partial charge >= 0.3 is 0 Å². The lowest BCUT2D eigenvalue weighted by atomic mass is 10.0. The Morgan fingerprint density at radius 3 is 2.44 bits per heavy atom. The van der Waals surface area contributed by atoms with Crippen molar-refractivity contribution in [2.45, 2.75) is 19.4 Å². The minimum Gasteiger partial charge on any atom is -0.453 e. The van der Waals surface area contributed by atoms with Crippen LogP contribution in [0.25, 0.3) is 0 Å². The molecule has 2 rings (SSSR count). The summed E-state index contributed by atoms with van der Waals surface area (Å²) in [6, 6.07) is 9.51. The second kappa shape index (κ2) is 4.73.